The molecule has 1 aromatic rings. The van der Waals surface area contributed by atoms with Gasteiger partial charge in [-0.15, -0.1) is 0 Å². The SMILES string of the molecule is COc1cc(C)cc(C)c1NC(=O)NN. The lowest BCUT2D eigenvalue weighted by atomic mass is 10.1. The molecule has 0 unspecified atom stereocenters. The highest BCUT2D eigenvalue weighted by molar-refractivity contribution is 5.91. The number of urea groups is 1. The van der Waals surface area contributed by atoms with Gasteiger partial charge in [0.25, 0.3) is 0 Å². The lowest BCUT2D eigenvalue weighted by molar-refractivity contribution is 0.252. The first-order valence-corrected chi connectivity index (χ1v) is 4.51. The van der Waals surface area contributed by atoms with Crippen molar-refractivity contribution in [3.8, 4) is 5.75 Å². The molecule has 0 saturated carbocycles. The van der Waals surface area contributed by atoms with Crippen molar-refractivity contribution < 1.29 is 9.53 Å². The van der Waals surface area contributed by atoms with Crippen molar-refractivity contribution in [2.24, 2.45) is 5.84 Å². The highest BCUT2D eigenvalue weighted by Crippen LogP contribution is 2.29. The number of benzene rings is 1. The van der Waals surface area contributed by atoms with E-state index in [2.05, 4.69) is 5.32 Å². The largest absolute Gasteiger partial charge is 0.495 e. The van der Waals surface area contributed by atoms with E-state index in [4.69, 9.17) is 10.6 Å². The number of nitrogens with one attached hydrogen (secondary N) is 2. The summed E-state index contributed by atoms with van der Waals surface area (Å²) in [6.07, 6.45) is 0. The first-order chi connectivity index (χ1) is 7.08. The summed E-state index contributed by atoms with van der Waals surface area (Å²) in [6.45, 7) is 3.85. The van der Waals surface area contributed by atoms with Crippen LogP contribution in [0.25, 0.3) is 0 Å². The molecule has 82 valence electrons. The van der Waals surface area contributed by atoms with Crippen LogP contribution in [0.4, 0.5) is 10.5 Å². The van der Waals surface area contributed by atoms with E-state index in [1.165, 1.54) is 0 Å². The summed E-state index contributed by atoms with van der Waals surface area (Å²) in [7, 11) is 1.56. The van der Waals surface area contributed by atoms with Gasteiger partial charge >= 0.3 is 6.03 Å². The fourth-order valence-corrected chi connectivity index (χ4v) is 1.40. The number of anilines is 1. The number of hydrogen-bond donors (Lipinski definition) is 3. The topological polar surface area (TPSA) is 76.4 Å². The minimum Gasteiger partial charge on any atom is -0.495 e. The number of ether oxygens (including phenoxy) is 1. The van der Waals surface area contributed by atoms with Crippen molar-refractivity contribution >= 4 is 11.7 Å². The second-order valence-electron chi connectivity index (χ2n) is 3.26. The quantitative estimate of drug-likeness (QED) is 0.390. The summed E-state index contributed by atoms with van der Waals surface area (Å²) in [4.78, 5) is 11.1. The van der Waals surface area contributed by atoms with Gasteiger partial charge in [0, 0.05) is 0 Å². The molecule has 0 aliphatic heterocycles. The average molecular weight is 209 g/mol. The Morgan fingerprint density at radius 3 is 2.60 bits per heavy atom. The summed E-state index contributed by atoms with van der Waals surface area (Å²) >= 11 is 0. The van der Waals surface area contributed by atoms with Gasteiger partial charge in [0.1, 0.15) is 5.75 Å². The summed E-state index contributed by atoms with van der Waals surface area (Å²) in [5, 5.41) is 2.61. The molecule has 1 rings (SSSR count). The van der Waals surface area contributed by atoms with Crippen LogP contribution in [0.5, 0.6) is 5.75 Å². The van der Waals surface area contributed by atoms with Gasteiger partial charge in [-0.1, -0.05) is 6.07 Å². The Labute approximate surface area is 88.6 Å². The molecule has 5 heteroatoms. The first-order valence-electron chi connectivity index (χ1n) is 4.51. The molecular weight excluding hydrogens is 194 g/mol. The minimum absolute atomic E-state index is 0.472. The third-order valence-corrected chi connectivity index (χ3v) is 2.03. The molecule has 0 atom stereocenters. The van der Waals surface area contributed by atoms with Crippen molar-refractivity contribution in [3.63, 3.8) is 0 Å². The third kappa shape index (κ3) is 2.60. The van der Waals surface area contributed by atoms with Gasteiger partial charge in [-0.25, -0.2) is 10.6 Å². The van der Waals surface area contributed by atoms with Crippen molar-refractivity contribution in [3.05, 3.63) is 23.3 Å². The Bertz CT molecular complexity index is 377. The second kappa shape index (κ2) is 4.65. The molecule has 1 aromatic carbocycles. The number of amides is 2. The lowest BCUT2D eigenvalue weighted by Gasteiger charge is -2.13. The smallest absolute Gasteiger partial charge is 0.333 e. The van der Waals surface area contributed by atoms with E-state index in [1.807, 2.05) is 31.4 Å². The predicted octanol–water partition coefficient (Wildman–Crippen LogP) is 1.31. The highest BCUT2D eigenvalue weighted by atomic mass is 16.5. The molecule has 0 aliphatic carbocycles. The zero-order valence-corrected chi connectivity index (χ0v) is 9.05. The van der Waals surface area contributed by atoms with E-state index in [0.717, 1.165) is 11.1 Å². The van der Waals surface area contributed by atoms with Crippen molar-refractivity contribution in [2.75, 3.05) is 12.4 Å². The van der Waals surface area contributed by atoms with Gasteiger partial charge in [-0.3, -0.25) is 5.43 Å². The van der Waals surface area contributed by atoms with Crippen LogP contribution < -0.4 is 21.3 Å². The van der Waals surface area contributed by atoms with Crippen LogP contribution in [-0.4, -0.2) is 13.1 Å². The zero-order valence-electron chi connectivity index (χ0n) is 9.05. The van der Waals surface area contributed by atoms with Gasteiger partial charge in [-0.05, 0) is 31.0 Å². The van der Waals surface area contributed by atoms with Crippen LogP contribution in [0.1, 0.15) is 11.1 Å². The van der Waals surface area contributed by atoms with Crippen molar-refractivity contribution in [1.29, 1.82) is 0 Å². The summed E-state index contributed by atoms with van der Waals surface area (Å²) < 4.78 is 5.17. The first kappa shape index (κ1) is 11.3. The molecule has 5 nitrogen and oxygen atoms in total. The van der Waals surface area contributed by atoms with Gasteiger partial charge in [0.15, 0.2) is 0 Å². The zero-order chi connectivity index (χ0) is 11.4. The van der Waals surface area contributed by atoms with Crippen LogP contribution in [0.2, 0.25) is 0 Å². The van der Waals surface area contributed by atoms with Crippen LogP contribution >= 0.6 is 0 Å². The molecule has 0 aliphatic rings. The van der Waals surface area contributed by atoms with Gasteiger partial charge < -0.3 is 10.1 Å². The number of nitrogens with two attached hydrogens (primary N) is 1. The fraction of sp³-hybridized carbons (Fsp3) is 0.300. The molecule has 4 N–H and O–H groups in total. The number of methoxy groups -OCH3 is 1. The van der Waals surface area contributed by atoms with E-state index < -0.39 is 6.03 Å². The second-order valence-corrected chi connectivity index (χ2v) is 3.26. The molecule has 0 spiro atoms. The number of carbonyl (C=O) groups excluding carboxylic acids is 1. The maximum absolute atomic E-state index is 11.1. The van der Waals surface area contributed by atoms with Crippen molar-refractivity contribution in [1.82, 2.24) is 5.43 Å². The number of hydrogen-bond acceptors (Lipinski definition) is 3. The van der Waals surface area contributed by atoms with Crippen LogP contribution in [0, 0.1) is 13.8 Å². The molecule has 0 bridgehead atoms. The fourth-order valence-electron chi connectivity index (χ4n) is 1.40. The van der Waals surface area contributed by atoms with E-state index in [9.17, 15) is 4.79 Å². The van der Waals surface area contributed by atoms with Crippen LogP contribution in [0.3, 0.4) is 0 Å². The molecule has 0 radical (unpaired) electrons. The minimum atomic E-state index is -0.472. The van der Waals surface area contributed by atoms with E-state index >= 15 is 0 Å². The number of aryl methyl sites for hydroxylation is 2. The summed E-state index contributed by atoms with van der Waals surface area (Å²) in [5.41, 5.74) is 4.63. The Hall–Kier alpha value is -1.75. The predicted molar refractivity (Wildman–Crippen MR) is 58.8 cm³/mol. The normalized spacial score (nSPS) is 9.60. The highest BCUT2D eigenvalue weighted by Gasteiger charge is 2.09. The lowest BCUT2D eigenvalue weighted by Crippen LogP contribution is -2.34. The van der Waals surface area contributed by atoms with E-state index in [-0.39, 0.29) is 0 Å². The van der Waals surface area contributed by atoms with Crippen molar-refractivity contribution in [2.45, 2.75) is 13.8 Å². The molecule has 15 heavy (non-hydrogen) atoms. The Balaban J connectivity index is 3.09. The Morgan fingerprint density at radius 1 is 1.40 bits per heavy atom. The standard InChI is InChI=1S/C10H15N3O2/c1-6-4-7(2)9(8(5-6)15-3)12-10(14)13-11/h4-5H,11H2,1-3H3,(H2,12,13,14). The third-order valence-electron chi connectivity index (χ3n) is 2.03. The molecule has 0 heterocycles. The average Bonchev–Trinajstić information content (AvgIpc) is 2.21. The molecule has 0 saturated heterocycles. The van der Waals surface area contributed by atoms with Gasteiger partial charge in [0.2, 0.25) is 0 Å². The summed E-state index contributed by atoms with van der Waals surface area (Å²) in [5.74, 6) is 5.61. The van der Waals surface area contributed by atoms with Gasteiger partial charge in [0.05, 0.1) is 12.8 Å². The molecule has 0 aromatic heterocycles. The number of carbonyl (C=O) groups is 1. The molecule has 0 fully saturated rings. The number of hydrazine groups is 1. The molecule has 2 amide bonds. The van der Waals surface area contributed by atoms with Gasteiger partial charge in [-0.2, -0.15) is 0 Å². The summed E-state index contributed by atoms with van der Waals surface area (Å²) in [6, 6.07) is 3.33. The Morgan fingerprint density at radius 2 is 2.07 bits per heavy atom. The number of rotatable bonds is 2. The Kier molecular flexibility index (Phi) is 3.51. The van der Waals surface area contributed by atoms with Crippen LogP contribution in [-0.2, 0) is 0 Å². The maximum atomic E-state index is 11.1. The maximum Gasteiger partial charge on any atom is 0.333 e. The van der Waals surface area contributed by atoms with E-state index in [0.29, 0.717) is 11.4 Å². The van der Waals surface area contributed by atoms with Crippen LogP contribution in [0.15, 0.2) is 12.1 Å². The monoisotopic (exact) mass is 209 g/mol. The van der Waals surface area contributed by atoms with E-state index in [1.54, 1.807) is 7.11 Å². The molecular formula is C10H15N3O2.